The summed E-state index contributed by atoms with van der Waals surface area (Å²) < 4.78 is 12.9. The number of rotatable bonds is 3. The van der Waals surface area contributed by atoms with Gasteiger partial charge in [0.15, 0.2) is 5.82 Å². The van der Waals surface area contributed by atoms with E-state index in [1.807, 2.05) is 6.92 Å². The molecule has 0 bridgehead atoms. The van der Waals surface area contributed by atoms with Gasteiger partial charge in [-0.2, -0.15) is 5.26 Å². The van der Waals surface area contributed by atoms with Gasteiger partial charge in [-0.1, -0.05) is 18.2 Å². The Kier molecular flexibility index (Phi) is 4.06. The topological polar surface area (TPSA) is 91.5 Å². The highest BCUT2D eigenvalue weighted by atomic mass is 28.3. The second-order valence-corrected chi connectivity index (χ2v) is 7.09. The lowest BCUT2D eigenvalue weighted by molar-refractivity contribution is 0.572. The van der Waals surface area contributed by atoms with E-state index < -0.39 is 8.68 Å². The predicted molar refractivity (Wildman–Crippen MR) is 91.0 cm³/mol. The highest BCUT2D eigenvalue weighted by Gasteiger charge is 2.15. The van der Waals surface area contributed by atoms with E-state index in [0.717, 1.165) is 5.56 Å². The van der Waals surface area contributed by atoms with Crippen molar-refractivity contribution in [2.45, 2.75) is 13.5 Å². The van der Waals surface area contributed by atoms with Crippen molar-refractivity contribution >= 4 is 13.9 Å². The summed E-state index contributed by atoms with van der Waals surface area (Å²) in [5, 5.41) is 12.6. The Bertz CT molecular complexity index is 1010. The van der Waals surface area contributed by atoms with Crippen LogP contribution >= 0.6 is 0 Å². The number of benzene rings is 1. The SMILES string of the molecule is Cc1[nH]n(-c2ccc([Si](C)=O)cn2)c(=O)c1-c1ccc(C#N)cc1. The molecule has 0 fully saturated rings. The molecule has 2 aromatic heterocycles. The third-order valence-corrected chi connectivity index (χ3v) is 4.87. The standard InChI is InChI=1S/C17H14N4O2Si/c1-11-16(13-5-3-12(9-18)4-6-13)17(22)21(20-11)15-8-7-14(10-19-15)24(2)23/h3-8,10,20H,1-2H3. The lowest BCUT2D eigenvalue weighted by Crippen LogP contribution is -2.21. The van der Waals surface area contributed by atoms with Crippen molar-refractivity contribution in [3.8, 4) is 23.0 Å². The van der Waals surface area contributed by atoms with Crippen LogP contribution in [0.15, 0.2) is 47.4 Å². The molecule has 3 aromatic rings. The molecule has 0 saturated heterocycles. The van der Waals surface area contributed by atoms with Gasteiger partial charge in [0.25, 0.3) is 5.56 Å². The summed E-state index contributed by atoms with van der Waals surface area (Å²) in [6.45, 7) is 3.46. The number of nitrogens with zero attached hydrogens (tertiary/aromatic N) is 3. The van der Waals surface area contributed by atoms with E-state index in [1.54, 1.807) is 42.9 Å². The molecule has 0 aliphatic rings. The number of nitrogens with one attached hydrogen (secondary N) is 1. The van der Waals surface area contributed by atoms with Crippen LogP contribution < -0.4 is 10.7 Å². The summed E-state index contributed by atoms with van der Waals surface area (Å²) in [5.74, 6) is 0.440. The zero-order valence-corrected chi connectivity index (χ0v) is 14.2. The zero-order chi connectivity index (χ0) is 17.3. The predicted octanol–water partition coefficient (Wildman–Crippen LogP) is 1.67. The van der Waals surface area contributed by atoms with Gasteiger partial charge in [0.2, 0.25) is 0 Å². The molecule has 0 amide bonds. The number of aromatic amines is 1. The van der Waals surface area contributed by atoms with Crippen LogP contribution in [-0.4, -0.2) is 23.4 Å². The molecule has 1 N–H and O–H groups in total. The van der Waals surface area contributed by atoms with Gasteiger partial charge in [-0.25, -0.2) is 9.67 Å². The van der Waals surface area contributed by atoms with Crippen molar-refractivity contribution in [3.05, 3.63) is 64.2 Å². The maximum absolute atomic E-state index is 12.7. The minimum absolute atomic E-state index is 0.221. The van der Waals surface area contributed by atoms with Crippen molar-refractivity contribution in [2.75, 3.05) is 0 Å². The second-order valence-electron chi connectivity index (χ2n) is 5.40. The number of H-pyrrole nitrogens is 1. The van der Waals surface area contributed by atoms with E-state index in [2.05, 4.69) is 16.2 Å². The highest BCUT2D eigenvalue weighted by Crippen LogP contribution is 2.19. The Morgan fingerprint density at radius 2 is 1.92 bits per heavy atom. The maximum atomic E-state index is 12.7. The molecule has 0 aliphatic carbocycles. The van der Waals surface area contributed by atoms with Crippen molar-refractivity contribution in [1.82, 2.24) is 14.8 Å². The number of pyridine rings is 1. The molecule has 0 unspecified atom stereocenters. The smallest absolute Gasteiger partial charge is 0.309 e. The summed E-state index contributed by atoms with van der Waals surface area (Å²) in [5.41, 5.74) is 2.30. The van der Waals surface area contributed by atoms with Crippen LogP contribution in [0.25, 0.3) is 16.9 Å². The average molecular weight is 334 g/mol. The molecule has 0 radical (unpaired) electrons. The summed E-state index contributed by atoms with van der Waals surface area (Å²) in [6.07, 6.45) is 1.53. The number of aromatic nitrogens is 3. The Balaban J connectivity index is 2.07. The van der Waals surface area contributed by atoms with Gasteiger partial charge in [-0.05, 0) is 37.2 Å². The fourth-order valence-electron chi connectivity index (χ4n) is 2.49. The summed E-state index contributed by atoms with van der Waals surface area (Å²) in [4.78, 5) is 17.0. The Labute approximate surface area is 139 Å². The summed E-state index contributed by atoms with van der Waals surface area (Å²) in [7, 11) is -1.81. The van der Waals surface area contributed by atoms with E-state index in [1.165, 1.54) is 10.9 Å². The Morgan fingerprint density at radius 1 is 1.21 bits per heavy atom. The molecule has 0 saturated carbocycles. The molecule has 0 aliphatic heterocycles. The van der Waals surface area contributed by atoms with Crippen LogP contribution in [0.2, 0.25) is 6.55 Å². The van der Waals surface area contributed by atoms with Crippen molar-refractivity contribution in [2.24, 2.45) is 0 Å². The molecule has 2 heterocycles. The zero-order valence-electron chi connectivity index (χ0n) is 13.2. The third-order valence-electron chi connectivity index (χ3n) is 3.76. The number of hydrogen-bond acceptors (Lipinski definition) is 4. The molecule has 7 heteroatoms. The first kappa shape index (κ1) is 15.8. The van der Waals surface area contributed by atoms with Gasteiger partial charge in [-0.3, -0.25) is 9.89 Å². The van der Waals surface area contributed by atoms with Crippen molar-refractivity contribution in [1.29, 1.82) is 5.26 Å². The molecule has 6 nitrogen and oxygen atoms in total. The normalized spacial score (nSPS) is 10.4. The molecule has 118 valence electrons. The number of hydrogen-bond donors (Lipinski definition) is 1. The molecule has 0 spiro atoms. The first-order valence-corrected chi connectivity index (χ1v) is 9.21. The minimum atomic E-state index is -1.81. The molecule has 0 atom stereocenters. The van der Waals surface area contributed by atoms with Gasteiger partial charge in [0.1, 0.15) is 0 Å². The Hall–Kier alpha value is -3.11. The van der Waals surface area contributed by atoms with Crippen LogP contribution in [0, 0.1) is 18.3 Å². The van der Waals surface area contributed by atoms with E-state index in [0.29, 0.717) is 27.8 Å². The fourth-order valence-corrected chi connectivity index (χ4v) is 3.05. The fraction of sp³-hybridized carbons (Fsp3) is 0.118. The maximum Gasteiger partial charge on any atom is 0.309 e. The third kappa shape index (κ3) is 2.75. The summed E-state index contributed by atoms with van der Waals surface area (Å²) in [6, 6.07) is 12.3. The lowest BCUT2D eigenvalue weighted by atomic mass is 10.1. The van der Waals surface area contributed by atoms with Gasteiger partial charge in [0, 0.05) is 17.1 Å². The number of aryl methyl sites for hydroxylation is 1. The van der Waals surface area contributed by atoms with Crippen molar-refractivity contribution in [3.63, 3.8) is 0 Å². The van der Waals surface area contributed by atoms with Gasteiger partial charge < -0.3 is 4.46 Å². The monoisotopic (exact) mass is 334 g/mol. The lowest BCUT2D eigenvalue weighted by Gasteiger charge is -2.01. The second kappa shape index (κ2) is 6.18. The van der Waals surface area contributed by atoms with Gasteiger partial charge in [-0.15, -0.1) is 0 Å². The average Bonchev–Trinajstić information content (AvgIpc) is 2.89. The summed E-state index contributed by atoms with van der Waals surface area (Å²) >= 11 is 0. The molecule has 1 aromatic carbocycles. The molecule has 24 heavy (non-hydrogen) atoms. The van der Waals surface area contributed by atoms with Gasteiger partial charge >= 0.3 is 8.68 Å². The van der Waals surface area contributed by atoms with Crippen LogP contribution in [0.5, 0.6) is 0 Å². The van der Waals surface area contributed by atoms with E-state index in [9.17, 15) is 9.26 Å². The van der Waals surface area contributed by atoms with Crippen LogP contribution in [0.1, 0.15) is 11.3 Å². The Morgan fingerprint density at radius 3 is 2.46 bits per heavy atom. The van der Waals surface area contributed by atoms with E-state index in [-0.39, 0.29) is 5.56 Å². The van der Waals surface area contributed by atoms with Crippen LogP contribution in [0.4, 0.5) is 0 Å². The molecule has 3 rings (SSSR count). The van der Waals surface area contributed by atoms with E-state index in [4.69, 9.17) is 5.26 Å². The quantitative estimate of drug-likeness (QED) is 0.738. The molecular formula is C17H14N4O2Si. The molecular weight excluding hydrogens is 320 g/mol. The number of nitriles is 1. The van der Waals surface area contributed by atoms with Crippen LogP contribution in [-0.2, 0) is 4.46 Å². The first-order chi connectivity index (χ1) is 11.5. The highest BCUT2D eigenvalue weighted by molar-refractivity contribution is 6.58. The van der Waals surface area contributed by atoms with Crippen molar-refractivity contribution < 1.29 is 4.46 Å². The first-order valence-electron chi connectivity index (χ1n) is 7.31. The van der Waals surface area contributed by atoms with Crippen LogP contribution in [0.3, 0.4) is 0 Å². The van der Waals surface area contributed by atoms with Gasteiger partial charge in [0.05, 0.1) is 17.2 Å². The largest absolute Gasteiger partial charge is 0.383 e. The minimum Gasteiger partial charge on any atom is -0.383 e. The van der Waals surface area contributed by atoms with E-state index >= 15 is 0 Å².